The Balaban J connectivity index is 0.00000137. The van der Waals surface area contributed by atoms with Crippen LogP contribution >= 0.6 is 11.3 Å². The molecule has 0 fully saturated rings. The van der Waals surface area contributed by atoms with E-state index in [0.717, 1.165) is 10.6 Å². The van der Waals surface area contributed by atoms with E-state index in [4.69, 9.17) is 4.74 Å². The van der Waals surface area contributed by atoms with Crippen molar-refractivity contribution in [1.82, 2.24) is 4.98 Å². The molecule has 0 radical (unpaired) electrons. The zero-order valence-electron chi connectivity index (χ0n) is 12.3. The van der Waals surface area contributed by atoms with Crippen LogP contribution in [0.3, 0.4) is 0 Å². The number of carbonyl (C=O) groups excluding carboxylic acids is 1. The van der Waals surface area contributed by atoms with Gasteiger partial charge in [-0.05, 0) is 40.2 Å². The third kappa shape index (κ3) is 5.45. The van der Waals surface area contributed by atoms with Crippen LogP contribution in [0.2, 0.25) is 0 Å². The fourth-order valence-electron chi connectivity index (χ4n) is 1.00. The second-order valence-electron chi connectivity index (χ2n) is 4.51. The van der Waals surface area contributed by atoms with Gasteiger partial charge in [-0.15, -0.1) is 11.3 Å². The van der Waals surface area contributed by atoms with Crippen molar-refractivity contribution >= 4 is 22.9 Å². The van der Waals surface area contributed by atoms with E-state index in [9.17, 15) is 4.79 Å². The van der Waals surface area contributed by atoms with Crippen molar-refractivity contribution in [3.63, 3.8) is 0 Å². The van der Waals surface area contributed by atoms with Crippen molar-refractivity contribution in [3.8, 4) is 0 Å². The van der Waals surface area contributed by atoms with Crippen LogP contribution in [0.25, 0.3) is 5.57 Å². The zero-order chi connectivity index (χ0) is 14.3. The summed E-state index contributed by atoms with van der Waals surface area (Å²) in [7, 11) is 0. The van der Waals surface area contributed by atoms with E-state index >= 15 is 0 Å². The molecule has 0 atom stereocenters. The fourth-order valence-corrected chi connectivity index (χ4v) is 1.83. The van der Waals surface area contributed by atoms with Crippen molar-refractivity contribution in [2.75, 3.05) is 0 Å². The highest BCUT2D eigenvalue weighted by atomic mass is 32.1. The summed E-state index contributed by atoms with van der Waals surface area (Å²) in [6, 6.07) is 0. The minimum Gasteiger partial charge on any atom is -0.455 e. The first-order chi connectivity index (χ1) is 8.33. The van der Waals surface area contributed by atoms with Gasteiger partial charge in [0.1, 0.15) is 10.6 Å². The molecule has 0 aliphatic rings. The Hall–Kier alpha value is -1.16. The number of nitrogens with zero attached hydrogens (tertiary/aromatic N) is 1. The van der Waals surface area contributed by atoms with Gasteiger partial charge in [-0.1, -0.05) is 19.9 Å². The highest BCUT2D eigenvalue weighted by Gasteiger charge is 2.20. The van der Waals surface area contributed by atoms with E-state index in [1.807, 2.05) is 54.5 Å². The standard InChI is InChI=1S/C12H17NO2S.C2H6/c1-6-8(2)10-13-9(7-16-10)11(14)15-12(3,4)5;1-2/h6-7H,1-5H3;1-2H3/b8-6+;. The van der Waals surface area contributed by atoms with Gasteiger partial charge in [0.15, 0.2) is 5.69 Å². The first-order valence-electron chi connectivity index (χ1n) is 6.15. The van der Waals surface area contributed by atoms with E-state index < -0.39 is 5.60 Å². The largest absolute Gasteiger partial charge is 0.455 e. The number of rotatable bonds is 2. The summed E-state index contributed by atoms with van der Waals surface area (Å²) < 4.78 is 5.24. The normalized spacial score (nSPS) is 11.6. The average Bonchev–Trinajstić information content (AvgIpc) is 2.78. The Morgan fingerprint density at radius 1 is 1.39 bits per heavy atom. The van der Waals surface area contributed by atoms with Gasteiger partial charge >= 0.3 is 5.97 Å². The van der Waals surface area contributed by atoms with E-state index in [-0.39, 0.29) is 5.97 Å². The molecule has 18 heavy (non-hydrogen) atoms. The lowest BCUT2D eigenvalue weighted by molar-refractivity contribution is 0.00637. The van der Waals surface area contributed by atoms with Crippen molar-refractivity contribution in [1.29, 1.82) is 0 Å². The van der Waals surface area contributed by atoms with Crippen molar-refractivity contribution in [3.05, 3.63) is 22.2 Å². The first-order valence-corrected chi connectivity index (χ1v) is 7.03. The summed E-state index contributed by atoms with van der Waals surface area (Å²) in [5, 5.41) is 2.60. The van der Waals surface area contributed by atoms with Gasteiger partial charge in [-0.2, -0.15) is 0 Å². The Bertz CT molecular complexity index is 414. The van der Waals surface area contributed by atoms with Crippen LogP contribution < -0.4 is 0 Å². The van der Waals surface area contributed by atoms with Gasteiger partial charge in [0.25, 0.3) is 0 Å². The second-order valence-corrected chi connectivity index (χ2v) is 5.37. The molecular formula is C14H23NO2S. The Morgan fingerprint density at radius 3 is 2.39 bits per heavy atom. The monoisotopic (exact) mass is 269 g/mol. The number of hydrogen-bond acceptors (Lipinski definition) is 4. The molecule has 0 aliphatic carbocycles. The third-order valence-electron chi connectivity index (χ3n) is 1.88. The molecule has 1 aromatic heterocycles. The number of esters is 1. The molecule has 0 aromatic carbocycles. The molecular weight excluding hydrogens is 246 g/mol. The summed E-state index contributed by atoms with van der Waals surface area (Å²) in [5.41, 5.74) is 0.979. The predicted molar refractivity (Wildman–Crippen MR) is 78.0 cm³/mol. The van der Waals surface area contributed by atoms with Crippen molar-refractivity contribution in [2.45, 2.75) is 54.1 Å². The van der Waals surface area contributed by atoms with E-state index in [2.05, 4.69) is 4.98 Å². The van der Waals surface area contributed by atoms with Gasteiger partial charge in [-0.25, -0.2) is 9.78 Å². The van der Waals surface area contributed by atoms with Crippen LogP contribution in [0.4, 0.5) is 0 Å². The summed E-state index contributed by atoms with van der Waals surface area (Å²) in [5.74, 6) is -0.362. The molecule has 0 spiro atoms. The van der Waals surface area contributed by atoms with E-state index in [0.29, 0.717) is 5.69 Å². The highest BCUT2D eigenvalue weighted by molar-refractivity contribution is 7.11. The third-order valence-corrected chi connectivity index (χ3v) is 2.86. The quantitative estimate of drug-likeness (QED) is 0.739. The van der Waals surface area contributed by atoms with Crippen LogP contribution in [0, 0.1) is 0 Å². The molecule has 4 heteroatoms. The van der Waals surface area contributed by atoms with Gasteiger partial charge < -0.3 is 4.74 Å². The molecule has 3 nitrogen and oxygen atoms in total. The minimum absolute atomic E-state index is 0.362. The second kappa shape index (κ2) is 7.31. The molecule has 0 N–H and O–H groups in total. The summed E-state index contributed by atoms with van der Waals surface area (Å²) in [6.07, 6.45) is 1.97. The van der Waals surface area contributed by atoms with E-state index in [1.54, 1.807) is 5.38 Å². The molecule has 1 heterocycles. The fraction of sp³-hybridized carbons (Fsp3) is 0.571. The highest BCUT2D eigenvalue weighted by Crippen LogP contribution is 2.20. The average molecular weight is 269 g/mol. The summed E-state index contributed by atoms with van der Waals surface area (Å²) >= 11 is 1.46. The number of aromatic nitrogens is 1. The maximum Gasteiger partial charge on any atom is 0.358 e. The molecule has 0 unspecified atom stereocenters. The molecule has 0 bridgehead atoms. The number of carbonyl (C=O) groups is 1. The minimum atomic E-state index is -0.476. The molecule has 1 rings (SSSR count). The lowest BCUT2D eigenvalue weighted by Crippen LogP contribution is -2.24. The Kier molecular flexibility index (Phi) is 6.84. The van der Waals surface area contributed by atoms with Gasteiger partial charge in [0, 0.05) is 5.38 Å². The topological polar surface area (TPSA) is 39.2 Å². The Morgan fingerprint density at radius 2 is 1.94 bits per heavy atom. The van der Waals surface area contributed by atoms with Crippen molar-refractivity contribution in [2.24, 2.45) is 0 Å². The molecule has 0 saturated carbocycles. The van der Waals surface area contributed by atoms with Crippen LogP contribution in [-0.4, -0.2) is 16.6 Å². The molecule has 102 valence electrons. The summed E-state index contributed by atoms with van der Waals surface area (Å²) in [4.78, 5) is 15.9. The Labute approximate surface area is 114 Å². The van der Waals surface area contributed by atoms with E-state index in [1.165, 1.54) is 11.3 Å². The molecule has 0 aliphatic heterocycles. The smallest absolute Gasteiger partial charge is 0.358 e. The van der Waals surface area contributed by atoms with Gasteiger partial charge in [0.2, 0.25) is 0 Å². The number of ether oxygens (including phenoxy) is 1. The SMILES string of the molecule is C/C=C(\C)c1nc(C(=O)OC(C)(C)C)cs1.CC. The molecule has 1 aromatic rings. The lowest BCUT2D eigenvalue weighted by atomic mass is 10.2. The number of hydrogen-bond donors (Lipinski definition) is 0. The molecule has 0 amide bonds. The van der Waals surface area contributed by atoms with Crippen LogP contribution in [0.1, 0.15) is 64.0 Å². The van der Waals surface area contributed by atoms with Crippen LogP contribution in [-0.2, 0) is 4.74 Å². The number of allylic oxidation sites excluding steroid dienone is 2. The number of thiazole rings is 1. The maximum atomic E-state index is 11.7. The predicted octanol–water partition coefficient (Wildman–Crippen LogP) is 4.55. The first kappa shape index (κ1) is 16.8. The van der Waals surface area contributed by atoms with Crippen molar-refractivity contribution < 1.29 is 9.53 Å². The van der Waals surface area contributed by atoms with Crippen LogP contribution in [0.5, 0.6) is 0 Å². The van der Waals surface area contributed by atoms with Gasteiger partial charge in [-0.3, -0.25) is 0 Å². The van der Waals surface area contributed by atoms with Crippen LogP contribution in [0.15, 0.2) is 11.5 Å². The summed E-state index contributed by atoms with van der Waals surface area (Å²) in [6.45, 7) is 13.4. The molecule has 0 saturated heterocycles. The zero-order valence-corrected chi connectivity index (χ0v) is 13.1. The lowest BCUT2D eigenvalue weighted by Gasteiger charge is -2.18. The van der Waals surface area contributed by atoms with Gasteiger partial charge in [0.05, 0.1) is 0 Å². The maximum absolute atomic E-state index is 11.7.